The molecular formula is C14H23NO. The van der Waals surface area contributed by atoms with Crippen LogP contribution in [0, 0.1) is 0 Å². The molecule has 1 saturated carbocycles. The first-order chi connectivity index (χ1) is 7.86. The molecule has 16 heavy (non-hydrogen) atoms. The van der Waals surface area contributed by atoms with Crippen molar-refractivity contribution >= 4 is 5.78 Å². The van der Waals surface area contributed by atoms with Crippen LogP contribution in [-0.4, -0.2) is 23.8 Å². The van der Waals surface area contributed by atoms with Crippen LogP contribution in [0.25, 0.3) is 0 Å². The van der Waals surface area contributed by atoms with E-state index in [-0.39, 0.29) is 0 Å². The van der Waals surface area contributed by atoms with Gasteiger partial charge < -0.3 is 4.90 Å². The summed E-state index contributed by atoms with van der Waals surface area (Å²) in [6, 6.07) is 0. The van der Waals surface area contributed by atoms with E-state index in [0.29, 0.717) is 5.78 Å². The molecule has 2 fully saturated rings. The number of hydrogen-bond donors (Lipinski definition) is 0. The van der Waals surface area contributed by atoms with Crippen molar-refractivity contribution in [2.45, 2.75) is 57.8 Å². The standard InChI is InChI=1S/C14H23NO/c16-14-9-5-2-1-4-8-13(14)12-15-10-6-3-7-11-15/h12H,1-11H2. The molecule has 2 heteroatoms. The second-order valence-electron chi connectivity index (χ2n) is 5.09. The molecule has 2 nitrogen and oxygen atoms in total. The number of Topliss-reactive ketones (excluding diaryl/α,β-unsaturated/α-hetero) is 1. The predicted octanol–water partition coefficient (Wildman–Crippen LogP) is 3.28. The van der Waals surface area contributed by atoms with Gasteiger partial charge >= 0.3 is 0 Å². The number of hydrogen-bond acceptors (Lipinski definition) is 2. The van der Waals surface area contributed by atoms with Crippen molar-refractivity contribution in [2.75, 3.05) is 13.1 Å². The fourth-order valence-corrected chi connectivity index (χ4v) is 2.66. The molecule has 0 radical (unpaired) electrons. The maximum Gasteiger partial charge on any atom is 0.160 e. The number of carbonyl (C=O) groups excluding carboxylic acids is 1. The zero-order chi connectivity index (χ0) is 11.2. The highest BCUT2D eigenvalue weighted by Gasteiger charge is 2.14. The van der Waals surface area contributed by atoms with Gasteiger partial charge in [0.2, 0.25) is 0 Å². The minimum absolute atomic E-state index is 0.408. The van der Waals surface area contributed by atoms with Crippen molar-refractivity contribution in [1.82, 2.24) is 4.90 Å². The first kappa shape index (κ1) is 11.7. The summed E-state index contributed by atoms with van der Waals surface area (Å²) in [6.45, 7) is 2.30. The lowest BCUT2D eigenvalue weighted by Crippen LogP contribution is -2.25. The summed E-state index contributed by atoms with van der Waals surface area (Å²) in [5.41, 5.74) is 1.10. The number of carbonyl (C=O) groups is 1. The highest BCUT2D eigenvalue weighted by Crippen LogP contribution is 2.20. The van der Waals surface area contributed by atoms with Crippen molar-refractivity contribution in [2.24, 2.45) is 0 Å². The van der Waals surface area contributed by atoms with Gasteiger partial charge in [0.1, 0.15) is 0 Å². The van der Waals surface area contributed by atoms with Gasteiger partial charge in [0, 0.05) is 31.3 Å². The summed E-state index contributed by atoms with van der Waals surface area (Å²) in [6.07, 6.45) is 12.7. The summed E-state index contributed by atoms with van der Waals surface area (Å²) in [4.78, 5) is 14.3. The molecule has 2 rings (SSSR count). The Bertz CT molecular complexity index is 264. The minimum Gasteiger partial charge on any atom is -0.377 e. The highest BCUT2D eigenvalue weighted by atomic mass is 16.1. The van der Waals surface area contributed by atoms with Crippen LogP contribution in [0.3, 0.4) is 0 Å². The van der Waals surface area contributed by atoms with Crippen molar-refractivity contribution in [3.63, 3.8) is 0 Å². The Morgan fingerprint density at radius 1 is 0.812 bits per heavy atom. The van der Waals surface area contributed by atoms with E-state index in [2.05, 4.69) is 11.1 Å². The highest BCUT2D eigenvalue weighted by molar-refractivity contribution is 5.95. The molecule has 1 aliphatic carbocycles. The van der Waals surface area contributed by atoms with E-state index in [1.807, 2.05) is 0 Å². The molecule has 0 atom stereocenters. The van der Waals surface area contributed by atoms with Gasteiger partial charge in [-0.3, -0.25) is 4.79 Å². The molecule has 1 aliphatic heterocycles. The molecular weight excluding hydrogens is 198 g/mol. The Morgan fingerprint density at radius 3 is 2.19 bits per heavy atom. The van der Waals surface area contributed by atoms with E-state index in [1.54, 1.807) is 0 Å². The number of rotatable bonds is 1. The Morgan fingerprint density at radius 2 is 1.44 bits per heavy atom. The van der Waals surface area contributed by atoms with E-state index in [4.69, 9.17) is 0 Å². The molecule has 1 saturated heterocycles. The van der Waals surface area contributed by atoms with Crippen molar-refractivity contribution < 1.29 is 4.79 Å². The van der Waals surface area contributed by atoms with Gasteiger partial charge in [-0.15, -0.1) is 0 Å². The summed E-state index contributed by atoms with van der Waals surface area (Å²) < 4.78 is 0. The summed E-state index contributed by atoms with van der Waals surface area (Å²) >= 11 is 0. The maximum absolute atomic E-state index is 11.9. The van der Waals surface area contributed by atoms with Gasteiger partial charge in [-0.25, -0.2) is 0 Å². The van der Waals surface area contributed by atoms with Crippen molar-refractivity contribution in [3.05, 3.63) is 11.8 Å². The number of nitrogens with zero attached hydrogens (tertiary/aromatic N) is 1. The van der Waals surface area contributed by atoms with Gasteiger partial charge in [-0.1, -0.05) is 12.8 Å². The maximum atomic E-state index is 11.9. The number of piperidine rings is 1. The number of likely N-dealkylation sites (tertiary alicyclic amines) is 1. The second kappa shape index (κ2) is 6.07. The fraction of sp³-hybridized carbons (Fsp3) is 0.786. The lowest BCUT2D eigenvalue weighted by molar-refractivity contribution is -0.116. The first-order valence-electron chi connectivity index (χ1n) is 6.84. The third-order valence-corrected chi connectivity index (χ3v) is 3.69. The predicted molar refractivity (Wildman–Crippen MR) is 66.2 cm³/mol. The van der Waals surface area contributed by atoms with Crippen LogP contribution in [0.5, 0.6) is 0 Å². The van der Waals surface area contributed by atoms with E-state index in [1.165, 1.54) is 38.5 Å². The summed E-state index contributed by atoms with van der Waals surface area (Å²) in [7, 11) is 0. The van der Waals surface area contributed by atoms with Crippen molar-refractivity contribution in [3.8, 4) is 0 Å². The van der Waals surface area contributed by atoms with E-state index < -0.39 is 0 Å². The van der Waals surface area contributed by atoms with Crippen LogP contribution in [0.4, 0.5) is 0 Å². The smallest absolute Gasteiger partial charge is 0.160 e. The van der Waals surface area contributed by atoms with Crippen LogP contribution in [-0.2, 0) is 4.79 Å². The Hall–Kier alpha value is -0.790. The molecule has 90 valence electrons. The molecule has 0 aromatic rings. The van der Waals surface area contributed by atoms with Crippen molar-refractivity contribution in [1.29, 1.82) is 0 Å². The first-order valence-corrected chi connectivity index (χ1v) is 6.84. The number of allylic oxidation sites excluding steroid dienone is 1. The largest absolute Gasteiger partial charge is 0.377 e. The third-order valence-electron chi connectivity index (χ3n) is 3.69. The normalized spacial score (nSPS) is 26.6. The van der Waals surface area contributed by atoms with Gasteiger partial charge in [0.15, 0.2) is 5.78 Å². The van der Waals surface area contributed by atoms with Gasteiger partial charge in [-0.05, 0) is 38.5 Å². The van der Waals surface area contributed by atoms with Crippen LogP contribution in [0.15, 0.2) is 11.8 Å². The van der Waals surface area contributed by atoms with Crippen LogP contribution < -0.4 is 0 Å². The average Bonchev–Trinajstić information content (AvgIpc) is 2.30. The fourth-order valence-electron chi connectivity index (χ4n) is 2.66. The second-order valence-corrected chi connectivity index (χ2v) is 5.09. The zero-order valence-corrected chi connectivity index (χ0v) is 10.2. The Labute approximate surface area is 98.7 Å². The van der Waals surface area contributed by atoms with Crippen LogP contribution in [0.2, 0.25) is 0 Å². The molecule has 0 spiro atoms. The summed E-state index contributed by atoms with van der Waals surface area (Å²) in [5.74, 6) is 0.408. The Kier molecular flexibility index (Phi) is 4.44. The van der Waals surface area contributed by atoms with E-state index >= 15 is 0 Å². The van der Waals surface area contributed by atoms with Gasteiger partial charge in [-0.2, -0.15) is 0 Å². The molecule has 0 unspecified atom stereocenters. The minimum atomic E-state index is 0.408. The van der Waals surface area contributed by atoms with E-state index in [0.717, 1.165) is 37.9 Å². The lowest BCUT2D eigenvalue weighted by atomic mass is 9.95. The molecule has 0 aromatic carbocycles. The average molecular weight is 221 g/mol. The van der Waals surface area contributed by atoms with Crippen LogP contribution in [0.1, 0.15) is 57.8 Å². The van der Waals surface area contributed by atoms with Crippen LogP contribution >= 0.6 is 0 Å². The summed E-state index contributed by atoms with van der Waals surface area (Å²) in [5, 5.41) is 0. The Balaban J connectivity index is 1.97. The quantitative estimate of drug-likeness (QED) is 0.633. The molecule has 0 N–H and O–H groups in total. The molecule has 1 heterocycles. The van der Waals surface area contributed by atoms with Gasteiger partial charge in [0.25, 0.3) is 0 Å². The van der Waals surface area contributed by atoms with E-state index in [9.17, 15) is 4.79 Å². The molecule has 0 bridgehead atoms. The monoisotopic (exact) mass is 221 g/mol. The molecule has 0 amide bonds. The topological polar surface area (TPSA) is 20.3 Å². The van der Waals surface area contributed by atoms with Gasteiger partial charge in [0.05, 0.1) is 0 Å². The third kappa shape index (κ3) is 3.36. The lowest BCUT2D eigenvalue weighted by Gasteiger charge is -2.26. The molecule has 0 aromatic heterocycles. The molecule has 2 aliphatic rings. The SMILES string of the molecule is O=C1CCCCCCC1=CN1CCCCC1. The number of ketones is 1. The zero-order valence-electron chi connectivity index (χ0n) is 10.2.